The van der Waals surface area contributed by atoms with Crippen LogP contribution in [0.4, 0.5) is 0 Å². The molecule has 1 aromatic carbocycles. The number of aliphatic carboxylic acids is 1. The molecule has 1 heterocycles. The first-order valence-electron chi connectivity index (χ1n) is 8.88. The summed E-state index contributed by atoms with van der Waals surface area (Å²) >= 11 is 0. The van der Waals surface area contributed by atoms with Gasteiger partial charge in [0.2, 0.25) is 0 Å². The van der Waals surface area contributed by atoms with Crippen molar-refractivity contribution in [2.24, 2.45) is 11.8 Å². The summed E-state index contributed by atoms with van der Waals surface area (Å²) in [6, 6.07) is 7.83. The van der Waals surface area contributed by atoms with Crippen LogP contribution in [0.3, 0.4) is 0 Å². The third-order valence-electron chi connectivity index (χ3n) is 4.89. The fourth-order valence-electron chi connectivity index (χ4n) is 3.26. The molecule has 5 nitrogen and oxygen atoms in total. The highest BCUT2D eigenvalue weighted by molar-refractivity contribution is 5.81. The van der Waals surface area contributed by atoms with Crippen molar-refractivity contribution < 1.29 is 19.4 Å². The van der Waals surface area contributed by atoms with E-state index in [1.165, 1.54) is 0 Å². The van der Waals surface area contributed by atoms with Crippen LogP contribution in [-0.2, 0) is 15.0 Å². The summed E-state index contributed by atoms with van der Waals surface area (Å²) < 4.78 is 5.87. The third kappa shape index (κ3) is 4.74. The fraction of sp³-hybridized carbons (Fsp3) is 0.600. The van der Waals surface area contributed by atoms with E-state index in [-0.39, 0.29) is 23.2 Å². The number of carboxylic acids is 1. The molecule has 1 saturated heterocycles. The van der Waals surface area contributed by atoms with Crippen LogP contribution in [0.25, 0.3) is 0 Å². The van der Waals surface area contributed by atoms with Crippen molar-refractivity contribution in [2.45, 2.75) is 52.6 Å². The number of benzene rings is 1. The third-order valence-corrected chi connectivity index (χ3v) is 4.89. The maximum absolute atomic E-state index is 12.7. The highest BCUT2D eigenvalue weighted by atomic mass is 16.5. The zero-order valence-corrected chi connectivity index (χ0v) is 15.8. The SMILES string of the molecule is CC(Oc1cccc(C(C)(C)C)c1)C(=O)N1CCC(C(=O)O)C(C)C1. The van der Waals surface area contributed by atoms with Crippen LogP contribution < -0.4 is 4.74 Å². The number of hydrogen-bond acceptors (Lipinski definition) is 3. The first-order chi connectivity index (χ1) is 11.6. The largest absolute Gasteiger partial charge is 0.481 e. The lowest BCUT2D eigenvalue weighted by molar-refractivity contribution is -0.150. The van der Waals surface area contributed by atoms with Gasteiger partial charge in [0.05, 0.1) is 5.92 Å². The fourth-order valence-corrected chi connectivity index (χ4v) is 3.26. The molecule has 1 N–H and O–H groups in total. The number of carboxylic acid groups (broad SMARTS) is 1. The van der Waals surface area contributed by atoms with Gasteiger partial charge >= 0.3 is 5.97 Å². The Morgan fingerprint density at radius 1 is 1.32 bits per heavy atom. The van der Waals surface area contributed by atoms with E-state index < -0.39 is 12.1 Å². The first kappa shape index (κ1) is 19.3. The molecule has 1 aromatic rings. The van der Waals surface area contributed by atoms with E-state index in [9.17, 15) is 14.7 Å². The summed E-state index contributed by atoms with van der Waals surface area (Å²) in [5.41, 5.74) is 1.17. The highest BCUT2D eigenvalue weighted by Gasteiger charge is 2.34. The van der Waals surface area contributed by atoms with Crippen LogP contribution in [0.1, 0.15) is 46.6 Å². The molecule has 3 unspecified atom stereocenters. The van der Waals surface area contributed by atoms with Crippen molar-refractivity contribution in [3.63, 3.8) is 0 Å². The first-order valence-corrected chi connectivity index (χ1v) is 8.88. The molecule has 1 aliphatic rings. The number of likely N-dealkylation sites (tertiary alicyclic amines) is 1. The second-order valence-electron chi connectivity index (χ2n) is 8.03. The molecule has 0 aliphatic carbocycles. The van der Waals surface area contributed by atoms with Gasteiger partial charge in [0.25, 0.3) is 5.91 Å². The molecule has 0 bridgehead atoms. The quantitative estimate of drug-likeness (QED) is 0.907. The molecule has 3 atom stereocenters. The lowest BCUT2D eigenvalue weighted by Crippen LogP contribution is -2.49. The van der Waals surface area contributed by atoms with E-state index in [0.717, 1.165) is 5.56 Å². The number of ether oxygens (including phenoxy) is 1. The normalized spacial score (nSPS) is 22.4. The Kier molecular flexibility index (Phi) is 5.76. The zero-order valence-electron chi connectivity index (χ0n) is 15.8. The Morgan fingerprint density at radius 3 is 2.56 bits per heavy atom. The number of hydrogen-bond donors (Lipinski definition) is 1. The number of nitrogens with zero attached hydrogens (tertiary/aromatic N) is 1. The van der Waals surface area contributed by atoms with E-state index in [2.05, 4.69) is 26.8 Å². The van der Waals surface area contributed by atoms with Gasteiger partial charge in [0.1, 0.15) is 5.75 Å². The summed E-state index contributed by atoms with van der Waals surface area (Å²) in [4.78, 5) is 25.6. The zero-order chi connectivity index (χ0) is 18.8. The molecular weight excluding hydrogens is 318 g/mol. The van der Waals surface area contributed by atoms with Gasteiger partial charge in [0.15, 0.2) is 6.10 Å². The van der Waals surface area contributed by atoms with Gasteiger partial charge in [-0.1, -0.05) is 39.8 Å². The maximum atomic E-state index is 12.7. The minimum Gasteiger partial charge on any atom is -0.481 e. The van der Waals surface area contributed by atoms with Crippen LogP contribution >= 0.6 is 0 Å². The molecule has 0 spiro atoms. The molecule has 1 amide bonds. The van der Waals surface area contributed by atoms with E-state index in [4.69, 9.17) is 4.74 Å². The molecule has 2 rings (SSSR count). The number of piperidine rings is 1. The van der Waals surface area contributed by atoms with Gasteiger partial charge in [0, 0.05) is 13.1 Å². The Morgan fingerprint density at radius 2 is 2.00 bits per heavy atom. The summed E-state index contributed by atoms with van der Waals surface area (Å²) in [5, 5.41) is 9.20. The van der Waals surface area contributed by atoms with Crippen molar-refractivity contribution in [1.29, 1.82) is 0 Å². The summed E-state index contributed by atoms with van der Waals surface area (Å²) in [6.07, 6.45) is -0.0992. The number of carbonyl (C=O) groups excluding carboxylic acids is 1. The van der Waals surface area contributed by atoms with Crippen LogP contribution in [0.15, 0.2) is 24.3 Å². The Bertz CT molecular complexity index is 635. The minimum absolute atomic E-state index is 0.0146. The van der Waals surface area contributed by atoms with Crippen LogP contribution in [-0.4, -0.2) is 41.1 Å². The summed E-state index contributed by atoms with van der Waals surface area (Å²) in [6.45, 7) is 11.0. The van der Waals surface area contributed by atoms with E-state index in [1.807, 2.05) is 25.1 Å². The molecular formula is C20H29NO4. The standard InChI is InChI=1S/C20H29NO4/c1-13-12-21(10-9-17(13)19(23)24)18(22)14(2)25-16-8-6-7-15(11-16)20(3,4)5/h6-8,11,13-14,17H,9-10,12H2,1-5H3,(H,23,24). The highest BCUT2D eigenvalue weighted by Crippen LogP contribution is 2.27. The minimum atomic E-state index is -0.775. The van der Waals surface area contributed by atoms with Crippen molar-refractivity contribution in [1.82, 2.24) is 4.90 Å². The molecule has 138 valence electrons. The van der Waals surface area contributed by atoms with Crippen molar-refractivity contribution in [2.75, 3.05) is 13.1 Å². The molecule has 1 aliphatic heterocycles. The van der Waals surface area contributed by atoms with Crippen LogP contribution in [0.2, 0.25) is 0 Å². The molecule has 0 radical (unpaired) electrons. The second kappa shape index (κ2) is 7.46. The second-order valence-corrected chi connectivity index (χ2v) is 8.03. The lowest BCUT2D eigenvalue weighted by Gasteiger charge is -2.36. The summed E-state index contributed by atoms with van der Waals surface area (Å²) in [5.74, 6) is -0.600. The topological polar surface area (TPSA) is 66.8 Å². The number of rotatable bonds is 4. The van der Waals surface area contributed by atoms with E-state index in [1.54, 1.807) is 11.8 Å². The average molecular weight is 347 g/mol. The van der Waals surface area contributed by atoms with Gasteiger partial charge in [-0.25, -0.2) is 0 Å². The molecule has 5 heteroatoms. The molecule has 25 heavy (non-hydrogen) atoms. The molecule has 0 saturated carbocycles. The predicted octanol–water partition coefficient (Wildman–Crippen LogP) is 3.32. The van der Waals surface area contributed by atoms with E-state index in [0.29, 0.717) is 25.3 Å². The van der Waals surface area contributed by atoms with Gasteiger partial charge in [-0.05, 0) is 42.4 Å². The average Bonchev–Trinajstić information content (AvgIpc) is 2.53. The summed E-state index contributed by atoms with van der Waals surface area (Å²) in [7, 11) is 0. The molecule has 1 fully saturated rings. The Labute approximate surface area is 150 Å². The van der Waals surface area contributed by atoms with Crippen molar-refractivity contribution in [3.05, 3.63) is 29.8 Å². The smallest absolute Gasteiger partial charge is 0.306 e. The monoisotopic (exact) mass is 347 g/mol. The van der Waals surface area contributed by atoms with E-state index >= 15 is 0 Å². The van der Waals surface area contributed by atoms with Crippen molar-refractivity contribution in [3.8, 4) is 5.75 Å². The van der Waals surface area contributed by atoms with Gasteiger partial charge in [-0.2, -0.15) is 0 Å². The number of amides is 1. The Balaban J connectivity index is 2.00. The van der Waals surface area contributed by atoms with Gasteiger partial charge in [-0.15, -0.1) is 0 Å². The Hall–Kier alpha value is -2.04. The maximum Gasteiger partial charge on any atom is 0.306 e. The van der Waals surface area contributed by atoms with Crippen LogP contribution in [0, 0.1) is 11.8 Å². The molecule has 0 aromatic heterocycles. The predicted molar refractivity (Wildman–Crippen MR) is 96.7 cm³/mol. The van der Waals surface area contributed by atoms with Crippen molar-refractivity contribution >= 4 is 11.9 Å². The van der Waals surface area contributed by atoms with Gasteiger partial charge in [-0.3, -0.25) is 9.59 Å². The van der Waals surface area contributed by atoms with Gasteiger partial charge < -0.3 is 14.7 Å². The van der Waals surface area contributed by atoms with Crippen LogP contribution in [0.5, 0.6) is 5.75 Å². The lowest BCUT2D eigenvalue weighted by atomic mass is 9.87. The number of carbonyl (C=O) groups is 2.